The third kappa shape index (κ3) is 5.28. The van der Waals surface area contributed by atoms with Crippen molar-refractivity contribution in [1.82, 2.24) is 19.0 Å². The van der Waals surface area contributed by atoms with Gasteiger partial charge in [-0.2, -0.15) is 9.40 Å². The quantitative estimate of drug-likeness (QED) is 0.595. The van der Waals surface area contributed by atoms with E-state index in [0.717, 1.165) is 11.1 Å². The van der Waals surface area contributed by atoms with Crippen molar-refractivity contribution < 1.29 is 13.2 Å². The van der Waals surface area contributed by atoms with Crippen LogP contribution in [0.4, 0.5) is 0 Å². The summed E-state index contributed by atoms with van der Waals surface area (Å²) in [6.07, 6.45) is 4.89. The van der Waals surface area contributed by atoms with Crippen molar-refractivity contribution in [2.24, 2.45) is 0 Å². The molecule has 2 aromatic carbocycles. The minimum atomic E-state index is -3.53. The molecule has 0 atom stereocenters. The third-order valence-corrected chi connectivity index (χ3v) is 6.75. The molecular formula is C23H24N4O3S. The number of benzene rings is 2. The number of nitrogens with zero attached hydrogens (tertiary/aromatic N) is 4. The maximum atomic E-state index is 12.8. The lowest BCUT2D eigenvalue weighted by Gasteiger charge is -2.33. The largest absolute Gasteiger partial charge is 0.336 e. The summed E-state index contributed by atoms with van der Waals surface area (Å²) < 4.78 is 28.4. The van der Waals surface area contributed by atoms with Gasteiger partial charge in [0.05, 0.1) is 18.3 Å². The van der Waals surface area contributed by atoms with Gasteiger partial charge in [-0.05, 0) is 17.2 Å². The predicted octanol–water partition coefficient (Wildman–Crippen LogP) is 2.69. The molecule has 0 aliphatic carbocycles. The van der Waals surface area contributed by atoms with Gasteiger partial charge in [0.2, 0.25) is 10.0 Å². The number of carbonyl (C=O) groups is 1. The van der Waals surface area contributed by atoms with Crippen molar-refractivity contribution in [3.8, 4) is 0 Å². The highest BCUT2D eigenvalue weighted by Crippen LogP contribution is 2.14. The fourth-order valence-electron chi connectivity index (χ4n) is 3.47. The van der Waals surface area contributed by atoms with Crippen molar-refractivity contribution in [1.29, 1.82) is 0 Å². The number of piperazine rings is 1. The van der Waals surface area contributed by atoms with Gasteiger partial charge in [0.1, 0.15) is 0 Å². The van der Waals surface area contributed by atoms with E-state index in [2.05, 4.69) is 5.10 Å². The molecule has 2 heterocycles. The normalized spacial score (nSPS) is 15.4. The van der Waals surface area contributed by atoms with Gasteiger partial charge in [0.15, 0.2) is 0 Å². The lowest BCUT2D eigenvalue weighted by atomic mass is 10.2. The van der Waals surface area contributed by atoms with Gasteiger partial charge in [0, 0.05) is 37.8 Å². The Hall–Kier alpha value is -3.23. The molecule has 0 bridgehead atoms. The minimum Gasteiger partial charge on any atom is -0.336 e. The lowest BCUT2D eigenvalue weighted by Crippen LogP contribution is -2.50. The van der Waals surface area contributed by atoms with E-state index < -0.39 is 10.0 Å². The van der Waals surface area contributed by atoms with E-state index in [9.17, 15) is 13.2 Å². The van der Waals surface area contributed by atoms with Gasteiger partial charge >= 0.3 is 0 Å². The molecule has 0 radical (unpaired) electrons. The summed E-state index contributed by atoms with van der Waals surface area (Å²) in [7, 11) is -3.53. The Morgan fingerprint density at radius 1 is 0.935 bits per heavy atom. The van der Waals surface area contributed by atoms with Crippen molar-refractivity contribution in [2.45, 2.75) is 6.54 Å². The van der Waals surface area contributed by atoms with Crippen molar-refractivity contribution in [2.75, 3.05) is 26.2 Å². The Morgan fingerprint density at radius 2 is 1.58 bits per heavy atom. The summed E-state index contributed by atoms with van der Waals surface area (Å²) in [6, 6.07) is 19.2. The van der Waals surface area contributed by atoms with Gasteiger partial charge in [-0.3, -0.25) is 9.48 Å². The molecule has 160 valence electrons. The highest BCUT2D eigenvalue weighted by molar-refractivity contribution is 7.92. The molecule has 1 saturated heterocycles. The second kappa shape index (κ2) is 9.28. The molecule has 3 aromatic rings. The van der Waals surface area contributed by atoms with Gasteiger partial charge in [-0.25, -0.2) is 8.42 Å². The number of hydrogen-bond acceptors (Lipinski definition) is 4. The summed E-state index contributed by atoms with van der Waals surface area (Å²) in [5, 5.41) is 5.52. The summed E-state index contributed by atoms with van der Waals surface area (Å²) >= 11 is 0. The molecule has 7 nitrogen and oxygen atoms in total. The number of rotatable bonds is 6. The van der Waals surface area contributed by atoms with E-state index in [-0.39, 0.29) is 19.0 Å². The van der Waals surface area contributed by atoms with Crippen LogP contribution in [0.2, 0.25) is 0 Å². The first-order valence-corrected chi connectivity index (χ1v) is 11.6. The van der Waals surface area contributed by atoms with Crippen LogP contribution in [-0.4, -0.2) is 59.5 Å². The molecule has 1 aromatic heterocycles. The summed E-state index contributed by atoms with van der Waals surface area (Å²) in [4.78, 5) is 14.5. The third-order valence-electron chi connectivity index (χ3n) is 5.19. The molecule has 0 saturated carbocycles. The molecule has 1 fully saturated rings. The number of carbonyl (C=O) groups excluding carboxylic acids is 1. The van der Waals surface area contributed by atoms with Crippen LogP contribution >= 0.6 is 0 Å². The molecule has 0 N–H and O–H groups in total. The van der Waals surface area contributed by atoms with E-state index in [1.807, 2.05) is 60.7 Å². The maximum absolute atomic E-state index is 12.8. The Morgan fingerprint density at radius 3 is 2.26 bits per heavy atom. The fraction of sp³-hybridized carbons (Fsp3) is 0.217. The van der Waals surface area contributed by atoms with Crippen LogP contribution in [0, 0.1) is 0 Å². The smallest absolute Gasteiger partial charge is 0.257 e. The minimum absolute atomic E-state index is 0.129. The Kier molecular flexibility index (Phi) is 6.29. The van der Waals surface area contributed by atoms with Gasteiger partial charge in [-0.1, -0.05) is 60.7 Å². The van der Waals surface area contributed by atoms with Crippen molar-refractivity contribution in [3.05, 3.63) is 95.2 Å². The van der Waals surface area contributed by atoms with Gasteiger partial charge < -0.3 is 4.90 Å². The van der Waals surface area contributed by atoms with Crippen LogP contribution in [0.5, 0.6) is 0 Å². The Bertz CT molecular complexity index is 1150. The van der Waals surface area contributed by atoms with E-state index in [0.29, 0.717) is 25.2 Å². The zero-order valence-electron chi connectivity index (χ0n) is 17.0. The zero-order chi connectivity index (χ0) is 21.7. The van der Waals surface area contributed by atoms with Crippen LogP contribution < -0.4 is 0 Å². The fourth-order valence-corrected chi connectivity index (χ4v) is 4.65. The molecular weight excluding hydrogens is 412 g/mol. The summed E-state index contributed by atoms with van der Waals surface area (Å²) in [5.41, 5.74) is 2.44. The van der Waals surface area contributed by atoms with Gasteiger partial charge in [-0.15, -0.1) is 0 Å². The Labute approximate surface area is 182 Å². The van der Waals surface area contributed by atoms with Crippen LogP contribution in [0.25, 0.3) is 6.08 Å². The molecule has 0 spiro atoms. The van der Waals surface area contributed by atoms with Crippen LogP contribution in [0.15, 0.2) is 78.5 Å². The lowest BCUT2D eigenvalue weighted by molar-refractivity contribution is 0.0698. The highest BCUT2D eigenvalue weighted by Gasteiger charge is 2.28. The Balaban J connectivity index is 1.34. The summed E-state index contributed by atoms with van der Waals surface area (Å²) in [5.74, 6) is -0.129. The highest BCUT2D eigenvalue weighted by atomic mass is 32.2. The number of sulfonamides is 1. The summed E-state index contributed by atoms with van der Waals surface area (Å²) in [6.45, 7) is 1.83. The first-order chi connectivity index (χ1) is 15.0. The SMILES string of the molecule is O=C(c1cnn(Cc2ccccc2)c1)N1CCN(S(=O)(=O)/C=C/c2ccccc2)CC1. The zero-order valence-corrected chi connectivity index (χ0v) is 17.9. The number of hydrogen-bond donors (Lipinski definition) is 0. The molecule has 1 aliphatic rings. The molecule has 1 amide bonds. The van der Waals surface area contributed by atoms with Crippen molar-refractivity contribution in [3.63, 3.8) is 0 Å². The first kappa shape index (κ1) is 21.0. The standard InChI is InChI=1S/C23H24N4O3S/c28-23(22-17-24-26(19-22)18-21-9-5-2-6-10-21)25-12-14-27(15-13-25)31(29,30)16-11-20-7-3-1-4-8-20/h1-11,16-17,19H,12-15,18H2/b16-11+. The van der Waals surface area contributed by atoms with E-state index in [1.54, 1.807) is 28.1 Å². The van der Waals surface area contributed by atoms with Crippen LogP contribution in [0.1, 0.15) is 21.5 Å². The number of aromatic nitrogens is 2. The van der Waals surface area contributed by atoms with E-state index in [1.165, 1.54) is 9.71 Å². The monoisotopic (exact) mass is 436 g/mol. The average molecular weight is 437 g/mol. The first-order valence-electron chi connectivity index (χ1n) is 10.1. The maximum Gasteiger partial charge on any atom is 0.257 e. The number of amides is 1. The molecule has 4 rings (SSSR count). The van der Waals surface area contributed by atoms with Gasteiger partial charge in [0.25, 0.3) is 5.91 Å². The second-order valence-corrected chi connectivity index (χ2v) is 9.18. The van der Waals surface area contributed by atoms with E-state index in [4.69, 9.17) is 0 Å². The molecule has 1 aliphatic heterocycles. The van der Waals surface area contributed by atoms with E-state index >= 15 is 0 Å². The predicted molar refractivity (Wildman–Crippen MR) is 120 cm³/mol. The topological polar surface area (TPSA) is 75.5 Å². The molecule has 0 unspecified atom stereocenters. The van der Waals surface area contributed by atoms with Crippen LogP contribution in [0.3, 0.4) is 0 Å². The molecule has 31 heavy (non-hydrogen) atoms. The average Bonchev–Trinajstić information content (AvgIpc) is 3.27. The molecule has 8 heteroatoms. The van der Waals surface area contributed by atoms with Crippen LogP contribution in [-0.2, 0) is 16.6 Å². The second-order valence-electron chi connectivity index (χ2n) is 7.36. The van der Waals surface area contributed by atoms with Crippen molar-refractivity contribution >= 4 is 22.0 Å².